The number of benzene rings is 2. The smallest absolute Gasteiger partial charge is 0.135 e. The predicted molar refractivity (Wildman–Crippen MR) is 154 cm³/mol. The second kappa shape index (κ2) is 14.3. The second-order valence-corrected chi connectivity index (χ2v) is 10.2. The van der Waals surface area contributed by atoms with Gasteiger partial charge in [-0.15, -0.1) is 0 Å². The average Bonchev–Trinajstić information content (AvgIpc) is 3.25. The van der Waals surface area contributed by atoms with E-state index in [0.717, 1.165) is 32.1 Å². The van der Waals surface area contributed by atoms with Crippen LogP contribution in [0.5, 0.6) is 0 Å². The third-order valence-electron chi connectivity index (χ3n) is 7.81. The molecule has 192 valence electrons. The van der Waals surface area contributed by atoms with Crippen molar-refractivity contribution in [1.29, 1.82) is 0 Å². The van der Waals surface area contributed by atoms with Crippen molar-refractivity contribution in [2.24, 2.45) is 18.9 Å². The highest BCUT2D eigenvalue weighted by Gasteiger charge is 2.21. The molecule has 2 nitrogen and oxygen atoms in total. The van der Waals surface area contributed by atoms with E-state index < -0.39 is 0 Å². The molecule has 35 heavy (non-hydrogen) atoms. The van der Waals surface area contributed by atoms with Crippen molar-refractivity contribution in [2.75, 3.05) is 0 Å². The van der Waals surface area contributed by atoms with E-state index in [4.69, 9.17) is 0 Å². The minimum atomic E-state index is 0. The van der Waals surface area contributed by atoms with Crippen molar-refractivity contribution < 1.29 is 6.22 Å². The van der Waals surface area contributed by atoms with Crippen LogP contribution < -0.4 is 0 Å². The number of carbonyl (C=O) groups is 1. The van der Waals surface area contributed by atoms with Crippen LogP contribution in [0.4, 0.5) is 0 Å². The Labute approximate surface area is 215 Å². The van der Waals surface area contributed by atoms with Crippen LogP contribution in [-0.2, 0) is 18.3 Å². The van der Waals surface area contributed by atoms with E-state index in [0.29, 0.717) is 17.6 Å². The summed E-state index contributed by atoms with van der Waals surface area (Å²) in [7, 11) is 2.16. The van der Waals surface area contributed by atoms with E-state index in [2.05, 4.69) is 73.1 Å². The molecule has 2 aromatic carbocycles. The fourth-order valence-electron chi connectivity index (χ4n) is 5.86. The monoisotopic (exact) mass is 475 g/mol. The number of aromatic nitrogens is 1. The van der Waals surface area contributed by atoms with Gasteiger partial charge in [-0.25, -0.2) is 0 Å². The average molecular weight is 476 g/mol. The van der Waals surface area contributed by atoms with Gasteiger partial charge in [-0.1, -0.05) is 95.7 Å². The zero-order valence-corrected chi connectivity index (χ0v) is 22.7. The number of para-hydroxylation sites is 1. The Kier molecular flexibility index (Phi) is 11.1. The van der Waals surface area contributed by atoms with Gasteiger partial charge in [0, 0.05) is 37.4 Å². The summed E-state index contributed by atoms with van der Waals surface area (Å²) in [5, 5.41) is 1.30. The number of hydrogen-bond donors (Lipinski definition) is 0. The fourth-order valence-corrected chi connectivity index (χ4v) is 5.86. The first-order valence-electron chi connectivity index (χ1n) is 14.3. The number of fused-ring (bicyclic) bond motifs is 1. The standard InChI is InChI=1S/C31H41NO.C2H6.H2/c1-3-11-24(20-21-31(33)26-15-5-4-6-16-26)12-9-13-25-14-10-18-27(22-25)30-23-28-17-7-8-19-29(28)32(30)2;1-2;/h7-8,10,14,17-19,22-24,26H,3-6,9,11-13,15-16,20-21H2,1-2H3;1-2H3;1H. The van der Waals surface area contributed by atoms with Gasteiger partial charge in [-0.3, -0.25) is 4.79 Å². The van der Waals surface area contributed by atoms with E-state index in [1.165, 1.54) is 72.7 Å². The van der Waals surface area contributed by atoms with Gasteiger partial charge in [0.2, 0.25) is 0 Å². The normalized spacial score (nSPS) is 15.0. The van der Waals surface area contributed by atoms with Crippen LogP contribution in [0.1, 0.15) is 98.4 Å². The van der Waals surface area contributed by atoms with Crippen LogP contribution in [0.15, 0.2) is 54.6 Å². The number of ketones is 1. The Morgan fingerprint density at radius 1 is 0.971 bits per heavy atom. The van der Waals surface area contributed by atoms with E-state index in [1.807, 2.05) is 13.8 Å². The molecule has 3 aromatic rings. The molecule has 1 aliphatic rings. The van der Waals surface area contributed by atoms with Crippen molar-refractivity contribution >= 4 is 16.7 Å². The van der Waals surface area contributed by atoms with Crippen LogP contribution in [0.3, 0.4) is 0 Å². The maximum atomic E-state index is 12.7. The molecule has 2 heteroatoms. The van der Waals surface area contributed by atoms with Gasteiger partial charge in [0.25, 0.3) is 0 Å². The number of rotatable bonds is 11. The molecule has 1 unspecified atom stereocenters. The zero-order chi connectivity index (χ0) is 25.0. The summed E-state index contributed by atoms with van der Waals surface area (Å²) in [6.45, 7) is 6.28. The zero-order valence-electron chi connectivity index (χ0n) is 22.7. The van der Waals surface area contributed by atoms with Gasteiger partial charge in [0.15, 0.2) is 0 Å². The Balaban J connectivity index is 0.00000148. The van der Waals surface area contributed by atoms with Crippen LogP contribution in [-0.4, -0.2) is 10.4 Å². The highest BCUT2D eigenvalue weighted by Crippen LogP contribution is 2.30. The largest absolute Gasteiger partial charge is 0.344 e. The van der Waals surface area contributed by atoms with Gasteiger partial charge in [-0.05, 0) is 67.3 Å². The maximum Gasteiger partial charge on any atom is 0.135 e. The highest BCUT2D eigenvalue weighted by atomic mass is 16.1. The topological polar surface area (TPSA) is 22.0 Å². The summed E-state index contributed by atoms with van der Waals surface area (Å²) in [5.74, 6) is 1.63. The molecule has 0 saturated heterocycles. The molecule has 1 saturated carbocycles. The first-order chi connectivity index (χ1) is 17.2. The lowest BCUT2D eigenvalue weighted by molar-refractivity contribution is -0.124. The van der Waals surface area contributed by atoms with Crippen molar-refractivity contribution in [3.05, 3.63) is 60.2 Å². The van der Waals surface area contributed by atoms with Crippen molar-refractivity contribution in [3.63, 3.8) is 0 Å². The third kappa shape index (κ3) is 7.56. The molecule has 4 rings (SSSR count). The Morgan fingerprint density at radius 2 is 1.74 bits per heavy atom. The Bertz CT molecular complexity index is 1050. The highest BCUT2D eigenvalue weighted by molar-refractivity contribution is 5.87. The molecular formula is C33H49NO. The molecule has 0 bridgehead atoms. The number of aryl methyl sites for hydroxylation is 2. The maximum absolute atomic E-state index is 12.7. The lowest BCUT2D eigenvalue weighted by Crippen LogP contribution is -2.18. The summed E-state index contributed by atoms with van der Waals surface area (Å²) >= 11 is 0. The number of Topliss-reactive ketones (excluding diaryl/α,β-unsaturated/α-hetero) is 1. The Hall–Kier alpha value is -2.35. The number of nitrogens with zero attached hydrogens (tertiary/aromatic N) is 1. The van der Waals surface area contributed by atoms with Gasteiger partial charge in [-0.2, -0.15) is 0 Å². The summed E-state index contributed by atoms with van der Waals surface area (Å²) in [6.07, 6.45) is 14.1. The van der Waals surface area contributed by atoms with Crippen LogP contribution in [0, 0.1) is 11.8 Å². The molecule has 1 aliphatic carbocycles. The summed E-state index contributed by atoms with van der Waals surface area (Å²) in [5.41, 5.74) is 5.28. The summed E-state index contributed by atoms with van der Waals surface area (Å²) in [6, 6.07) is 20.0. The van der Waals surface area contributed by atoms with Crippen molar-refractivity contribution in [2.45, 2.75) is 97.8 Å². The lowest BCUT2D eigenvalue weighted by atomic mass is 9.83. The molecule has 1 fully saturated rings. The molecular weight excluding hydrogens is 426 g/mol. The Morgan fingerprint density at radius 3 is 2.49 bits per heavy atom. The second-order valence-electron chi connectivity index (χ2n) is 10.2. The quantitative estimate of drug-likeness (QED) is 0.270. The minimum Gasteiger partial charge on any atom is -0.344 e. The number of hydrogen-bond acceptors (Lipinski definition) is 1. The van der Waals surface area contributed by atoms with Gasteiger partial charge in [0.05, 0.1) is 0 Å². The van der Waals surface area contributed by atoms with Crippen LogP contribution >= 0.6 is 0 Å². The van der Waals surface area contributed by atoms with E-state index >= 15 is 0 Å². The lowest BCUT2D eigenvalue weighted by Gasteiger charge is -2.22. The first-order valence-corrected chi connectivity index (χ1v) is 14.3. The number of carbonyl (C=O) groups excluding carboxylic acids is 1. The summed E-state index contributed by atoms with van der Waals surface area (Å²) in [4.78, 5) is 12.7. The molecule has 0 spiro atoms. The van der Waals surface area contributed by atoms with E-state index in [1.54, 1.807) is 0 Å². The minimum absolute atomic E-state index is 0. The van der Waals surface area contributed by atoms with Crippen LogP contribution in [0.25, 0.3) is 22.2 Å². The molecule has 0 radical (unpaired) electrons. The molecule has 0 amide bonds. The van der Waals surface area contributed by atoms with E-state index in [-0.39, 0.29) is 1.43 Å². The predicted octanol–water partition coefficient (Wildman–Crippen LogP) is 9.79. The third-order valence-corrected chi connectivity index (χ3v) is 7.81. The van der Waals surface area contributed by atoms with Crippen molar-refractivity contribution in [1.82, 2.24) is 4.57 Å². The fraction of sp³-hybridized carbons (Fsp3) is 0.545. The SMILES string of the molecule is CC.CCCC(CCCc1cccc(-c2cc3ccccc3n2C)c1)CCC(=O)C1CCCCC1.[HH]. The van der Waals surface area contributed by atoms with Crippen LogP contribution in [0.2, 0.25) is 0 Å². The molecule has 0 N–H and O–H groups in total. The van der Waals surface area contributed by atoms with Gasteiger partial charge in [0.1, 0.15) is 5.78 Å². The molecule has 1 aromatic heterocycles. The molecule has 1 atom stereocenters. The molecule has 0 aliphatic heterocycles. The summed E-state index contributed by atoms with van der Waals surface area (Å²) < 4.78 is 2.30. The van der Waals surface area contributed by atoms with Gasteiger partial charge >= 0.3 is 0 Å². The first kappa shape index (κ1) is 27.2. The van der Waals surface area contributed by atoms with Gasteiger partial charge < -0.3 is 4.57 Å². The van der Waals surface area contributed by atoms with E-state index in [9.17, 15) is 4.79 Å². The van der Waals surface area contributed by atoms with Crippen molar-refractivity contribution in [3.8, 4) is 11.3 Å². The molecule has 1 heterocycles.